The summed E-state index contributed by atoms with van der Waals surface area (Å²) < 4.78 is 2.05. The zero-order chi connectivity index (χ0) is 18.5. The van der Waals surface area contributed by atoms with Gasteiger partial charge in [0.25, 0.3) is 0 Å². The zero-order valence-corrected chi connectivity index (χ0v) is 14.9. The van der Waals surface area contributed by atoms with Gasteiger partial charge in [0.05, 0.1) is 12.1 Å². The lowest BCUT2D eigenvalue weighted by molar-refractivity contribution is 0.262. The Labute approximate surface area is 156 Å². The molecule has 5 nitrogen and oxygen atoms in total. The van der Waals surface area contributed by atoms with Crippen LogP contribution in [0.1, 0.15) is 22.7 Å². The van der Waals surface area contributed by atoms with Gasteiger partial charge in [0.1, 0.15) is 5.75 Å². The fourth-order valence-corrected chi connectivity index (χ4v) is 4.39. The molecule has 0 bridgehead atoms. The number of aliphatic hydroxyl groups is 1. The van der Waals surface area contributed by atoms with E-state index in [0.29, 0.717) is 12.4 Å². The van der Waals surface area contributed by atoms with Crippen LogP contribution < -0.4 is 0 Å². The second-order valence-electron chi connectivity index (χ2n) is 7.00. The van der Waals surface area contributed by atoms with Crippen LogP contribution in [0.25, 0.3) is 28.0 Å². The number of aliphatic hydroxyl groups excluding tert-OH is 1. The first kappa shape index (κ1) is 16.0. The van der Waals surface area contributed by atoms with Crippen LogP contribution in [0.5, 0.6) is 5.75 Å². The van der Waals surface area contributed by atoms with Crippen LogP contribution in [-0.4, -0.2) is 31.4 Å². The van der Waals surface area contributed by atoms with Crippen LogP contribution in [0.3, 0.4) is 0 Å². The number of hydrogen-bond acceptors (Lipinski definition) is 4. The average molecular weight is 357 g/mol. The first-order valence-electron chi connectivity index (χ1n) is 9.04. The summed E-state index contributed by atoms with van der Waals surface area (Å²) in [7, 11) is 0. The lowest BCUT2D eigenvalue weighted by atomic mass is 9.78. The van der Waals surface area contributed by atoms with E-state index in [1.807, 2.05) is 31.2 Å². The first-order valence-corrected chi connectivity index (χ1v) is 9.04. The molecule has 5 heteroatoms. The van der Waals surface area contributed by atoms with E-state index < -0.39 is 0 Å². The Hall–Kier alpha value is -3.18. The number of para-hydroxylation sites is 1. The van der Waals surface area contributed by atoms with Gasteiger partial charge < -0.3 is 10.2 Å². The van der Waals surface area contributed by atoms with Crippen molar-refractivity contribution < 1.29 is 10.2 Å². The fraction of sp³-hybridized carbons (Fsp3) is 0.182. The Morgan fingerprint density at radius 3 is 2.59 bits per heavy atom. The molecule has 0 spiro atoms. The van der Waals surface area contributed by atoms with E-state index in [1.54, 1.807) is 24.5 Å². The highest BCUT2D eigenvalue weighted by Gasteiger charge is 2.33. The Morgan fingerprint density at radius 2 is 1.81 bits per heavy atom. The van der Waals surface area contributed by atoms with Crippen LogP contribution in [-0.2, 0) is 6.42 Å². The molecule has 0 fully saturated rings. The molecule has 5 rings (SSSR count). The summed E-state index contributed by atoms with van der Waals surface area (Å²) in [5, 5.41) is 21.9. The second-order valence-corrected chi connectivity index (χ2v) is 7.00. The highest BCUT2D eigenvalue weighted by Crippen LogP contribution is 2.49. The molecule has 0 radical (unpaired) electrons. The highest BCUT2D eigenvalue weighted by molar-refractivity contribution is 6.02. The normalized spacial score (nSPS) is 15.6. The molecule has 1 atom stereocenters. The molecule has 1 aliphatic rings. The number of benzene rings is 2. The predicted octanol–water partition coefficient (Wildman–Crippen LogP) is 3.73. The lowest BCUT2D eigenvalue weighted by Gasteiger charge is -2.28. The van der Waals surface area contributed by atoms with Gasteiger partial charge in [-0.15, -0.1) is 0 Å². The van der Waals surface area contributed by atoms with Crippen LogP contribution in [0.15, 0.2) is 54.9 Å². The molecule has 134 valence electrons. The van der Waals surface area contributed by atoms with Crippen molar-refractivity contribution in [2.75, 3.05) is 6.61 Å². The topological polar surface area (TPSA) is 71.2 Å². The van der Waals surface area contributed by atoms with E-state index in [9.17, 15) is 10.2 Å². The van der Waals surface area contributed by atoms with Crippen molar-refractivity contribution >= 4 is 10.9 Å². The number of rotatable bonds is 2. The SMILES string of the molecule is Cc1ccc(O)c2c1C(CO)Cc1c-2c2ccccc2n1-c1ncccn1. The predicted molar refractivity (Wildman–Crippen MR) is 104 cm³/mol. The fourth-order valence-electron chi connectivity index (χ4n) is 4.39. The lowest BCUT2D eigenvalue weighted by Crippen LogP contribution is -2.18. The maximum atomic E-state index is 10.8. The molecule has 2 aromatic carbocycles. The third-order valence-corrected chi connectivity index (χ3v) is 5.48. The van der Waals surface area contributed by atoms with Crippen molar-refractivity contribution in [2.45, 2.75) is 19.3 Å². The Kier molecular flexibility index (Phi) is 3.52. The van der Waals surface area contributed by atoms with Crippen molar-refractivity contribution in [1.82, 2.24) is 14.5 Å². The monoisotopic (exact) mass is 357 g/mol. The standard InChI is InChI=1S/C22H19N3O2/c1-13-7-8-18(27)21-19(13)14(12-26)11-17-20(21)15-5-2-3-6-16(15)25(17)22-23-9-4-10-24-22/h2-10,14,26-27H,11-12H2,1H3. The molecule has 0 saturated carbocycles. The van der Waals surface area contributed by atoms with Gasteiger partial charge in [0.2, 0.25) is 5.95 Å². The number of fused-ring (bicyclic) bond motifs is 5. The van der Waals surface area contributed by atoms with Crippen molar-refractivity contribution in [3.8, 4) is 22.8 Å². The third-order valence-electron chi connectivity index (χ3n) is 5.48. The van der Waals surface area contributed by atoms with E-state index >= 15 is 0 Å². The van der Waals surface area contributed by atoms with E-state index in [-0.39, 0.29) is 18.3 Å². The number of aromatic hydroxyl groups is 1. The van der Waals surface area contributed by atoms with Crippen molar-refractivity contribution in [2.24, 2.45) is 0 Å². The minimum Gasteiger partial charge on any atom is -0.507 e. The maximum Gasteiger partial charge on any atom is 0.234 e. The van der Waals surface area contributed by atoms with E-state index in [4.69, 9.17) is 0 Å². The van der Waals surface area contributed by atoms with Crippen LogP contribution >= 0.6 is 0 Å². The molecule has 4 aromatic rings. The number of nitrogens with zero attached hydrogens (tertiary/aromatic N) is 3. The van der Waals surface area contributed by atoms with Crippen LogP contribution in [0.2, 0.25) is 0 Å². The maximum absolute atomic E-state index is 10.8. The molecule has 1 aliphatic carbocycles. The van der Waals surface area contributed by atoms with Crippen molar-refractivity contribution in [1.29, 1.82) is 0 Å². The molecule has 0 amide bonds. The summed E-state index contributed by atoms with van der Waals surface area (Å²) in [6.45, 7) is 2.05. The Balaban J connectivity index is 1.95. The number of aryl methyl sites for hydroxylation is 1. The second kappa shape index (κ2) is 5.93. The summed E-state index contributed by atoms with van der Waals surface area (Å²) >= 11 is 0. The largest absolute Gasteiger partial charge is 0.507 e. The quantitative estimate of drug-likeness (QED) is 0.573. The van der Waals surface area contributed by atoms with E-state index in [2.05, 4.69) is 20.6 Å². The summed E-state index contributed by atoms with van der Waals surface area (Å²) in [5.41, 5.74) is 5.97. The van der Waals surface area contributed by atoms with Gasteiger partial charge in [-0.2, -0.15) is 0 Å². The van der Waals surface area contributed by atoms with Crippen LogP contribution in [0, 0.1) is 6.92 Å². The van der Waals surface area contributed by atoms with E-state index in [0.717, 1.165) is 38.9 Å². The summed E-state index contributed by atoms with van der Waals surface area (Å²) in [4.78, 5) is 8.91. The highest BCUT2D eigenvalue weighted by atomic mass is 16.3. The Morgan fingerprint density at radius 1 is 1.04 bits per heavy atom. The number of phenolic OH excluding ortho intramolecular Hbond substituents is 1. The van der Waals surface area contributed by atoms with Gasteiger partial charge in [0.15, 0.2) is 0 Å². The summed E-state index contributed by atoms with van der Waals surface area (Å²) in [6.07, 6.45) is 4.12. The third kappa shape index (κ3) is 2.22. The van der Waals surface area contributed by atoms with Crippen molar-refractivity contribution in [3.05, 3.63) is 71.7 Å². The minimum atomic E-state index is -0.0774. The number of hydrogen-bond donors (Lipinski definition) is 2. The minimum absolute atomic E-state index is 0.0217. The molecule has 0 aliphatic heterocycles. The first-order chi connectivity index (χ1) is 13.2. The van der Waals surface area contributed by atoms with Crippen molar-refractivity contribution in [3.63, 3.8) is 0 Å². The van der Waals surface area contributed by atoms with E-state index in [1.165, 1.54) is 0 Å². The molecule has 1 unspecified atom stereocenters. The van der Waals surface area contributed by atoms with Crippen LogP contribution in [0.4, 0.5) is 0 Å². The molecule has 27 heavy (non-hydrogen) atoms. The van der Waals surface area contributed by atoms with Gasteiger partial charge in [-0.05, 0) is 42.7 Å². The van der Waals surface area contributed by atoms with Gasteiger partial charge in [-0.3, -0.25) is 4.57 Å². The average Bonchev–Trinajstić information content (AvgIpc) is 3.04. The Bertz CT molecular complexity index is 1170. The van der Waals surface area contributed by atoms with Gasteiger partial charge in [0, 0.05) is 40.5 Å². The summed E-state index contributed by atoms with van der Waals surface area (Å²) in [6, 6.07) is 13.6. The smallest absolute Gasteiger partial charge is 0.234 e. The number of aromatic nitrogens is 3. The number of phenols is 1. The summed E-state index contributed by atoms with van der Waals surface area (Å²) in [5.74, 6) is 0.764. The molecule has 2 heterocycles. The zero-order valence-electron chi connectivity index (χ0n) is 14.9. The van der Waals surface area contributed by atoms with Gasteiger partial charge >= 0.3 is 0 Å². The van der Waals surface area contributed by atoms with Gasteiger partial charge in [-0.25, -0.2) is 9.97 Å². The molecular weight excluding hydrogens is 338 g/mol. The molecule has 0 saturated heterocycles. The molecule has 2 N–H and O–H groups in total. The molecule has 2 aromatic heterocycles. The molecular formula is C22H19N3O2. The van der Waals surface area contributed by atoms with Gasteiger partial charge in [-0.1, -0.05) is 24.3 Å².